The maximum atomic E-state index is 13.4. The molecule has 0 spiro atoms. The van der Waals surface area contributed by atoms with Gasteiger partial charge in [0.2, 0.25) is 0 Å². The van der Waals surface area contributed by atoms with Crippen molar-refractivity contribution >= 4 is 28.3 Å². The third-order valence-corrected chi connectivity index (χ3v) is 7.28. The average Bonchev–Trinajstić information content (AvgIpc) is 3.35. The molecule has 3 aromatic heterocycles. The number of ether oxygens (including phenoxy) is 1. The van der Waals surface area contributed by atoms with Gasteiger partial charge in [0.15, 0.2) is 5.75 Å². The molecule has 8 nitrogen and oxygen atoms in total. The van der Waals surface area contributed by atoms with Gasteiger partial charge in [0.05, 0.1) is 17.3 Å². The number of amides is 2. The van der Waals surface area contributed by atoms with Gasteiger partial charge in [-0.25, -0.2) is 4.52 Å². The van der Waals surface area contributed by atoms with Crippen LogP contribution >= 0.6 is 0 Å². The lowest BCUT2D eigenvalue weighted by atomic mass is 9.79. The summed E-state index contributed by atoms with van der Waals surface area (Å²) < 4.78 is 13.8. The zero-order valence-electron chi connectivity index (χ0n) is 19.4. The van der Waals surface area contributed by atoms with Crippen molar-refractivity contribution < 1.29 is 18.7 Å². The van der Waals surface area contributed by atoms with Crippen LogP contribution in [-0.2, 0) is 0 Å². The predicted octanol–water partition coefficient (Wildman–Crippen LogP) is 4.62. The highest BCUT2D eigenvalue weighted by molar-refractivity contribution is 6.07. The average molecular weight is 459 g/mol. The number of aryl methyl sites for hydroxylation is 2. The molecule has 8 heteroatoms. The molecule has 2 fully saturated rings. The summed E-state index contributed by atoms with van der Waals surface area (Å²) in [6, 6.07) is 7.96. The van der Waals surface area contributed by atoms with Crippen molar-refractivity contribution in [1.82, 2.24) is 19.8 Å². The van der Waals surface area contributed by atoms with Gasteiger partial charge in [-0.3, -0.25) is 9.59 Å². The fourth-order valence-corrected chi connectivity index (χ4v) is 5.59. The minimum Gasteiger partial charge on any atom is -0.460 e. The van der Waals surface area contributed by atoms with Crippen LogP contribution in [0.4, 0.5) is 0 Å². The third-order valence-electron chi connectivity index (χ3n) is 7.28. The summed E-state index contributed by atoms with van der Waals surface area (Å²) in [5.74, 6) is 1.63. The number of hydrogen-bond donors (Lipinski definition) is 1. The van der Waals surface area contributed by atoms with Gasteiger partial charge >= 0.3 is 0 Å². The molecule has 2 amide bonds. The van der Waals surface area contributed by atoms with Gasteiger partial charge in [0.1, 0.15) is 22.6 Å². The lowest BCUT2D eigenvalue weighted by molar-refractivity contribution is -0.0116. The van der Waals surface area contributed by atoms with Gasteiger partial charge in [-0.2, -0.15) is 5.10 Å². The standard InChI is InChI=1S/C26H26N4O4/c1-14-20(26(32)30-16-5-4-6-17(30)11-16)13-29-24(14)21(9-10-28-29)34-18-7-8-19-22(12-18)33-15(2)23(19)25(31)27-3/h7-10,12-13,16-17H,4-6,11H2,1-3H3,(H,27,31). The lowest BCUT2D eigenvalue weighted by Crippen LogP contribution is -2.61. The largest absolute Gasteiger partial charge is 0.460 e. The van der Waals surface area contributed by atoms with Crippen molar-refractivity contribution in [3.63, 3.8) is 0 Å². The van der Waals surface area contributed by atoms with Crippen LogP contribution in [0.3, 0.4) is 0 Å². The molecular formula is C26H26N4O4. The first-order valence-corrected chi connectivity index (χ1v) is 11.7. The summed E-state index contributed by atoms with van der Waals surface area (Å²) in [4.78, 5) is 27.6. The normalized spacial score (nSPS) is 19.3. The Morgan fingerprint density at radius 1 is 1.18 bits per heavy atom. The number of furan rings is 1. The summed E-state index contributed by atoms with van der Waals surface area (Å²) in [5, 5.41) is 7.80. The molecule has 4 aromatic rings. The number of carbonyl (C=O) groups is 2. The lowest BCUT2D eigenvalue weighted by Gasteiger charge is -2.52. The van der Waals surface area contributed by atoms with Gasteiger partial charge < -0.3 is 19.4 Å². The van der Waals surface area contributed by atoms with E-state index in [0.717, 1.165) is 35.7 Å². The molecule has 174 valence electrons. The van der Waals surface area contributed by atoms with Gasteiger partial charge in [0, 0.05) is 42.8 Å². The van der Waals surface area contributed by atoms with Gasteiger partial charge in [-0.1, -0.05) is 0 Å². The number of hydrogen-bond acceptors (Lipinski definition) is 5. The molecule has 2 bridgehead atoms. The third kappa shape index (κ3) is 3.01. The van der Waals surface area contributed by atoms with Crippen LogP contribution in [0.25, 0.3) is 16.5 Å². The number of nitrogens with one attached hydrogen (secondary N) is 1. The van der Waals surface area contributed by atoms with E-state index in [9.17, 15) is 9.59 Å². The van der Waals surface area contributed by atoms with Crippen LogP contribution in [0.1, 0.15) is 57.7 Å². The second kappa shape index (κ2) is 7.62. The van der Waals surface area contributed by atoms with Gasteiger partial charge in [-0.15, -0.1) is 0 Å². The van der Waals surface area contributed by atoms with Crippen LogP contribution in [0.5, 0.6) is 11.5 Å². The van der Waals surface area contributed by atoms with Gasteiger partial charge in [0.25, 0.3) is 11.8 Å². The molecular weight excluding hydrogens is 432 g/mol. The zero-order valence-corrected chi connectivity index (χ0v) is 19.4. The Morgan fingerprint density at radius 2 is 1.97 bits per heavy atom. The van der Waals surface area contributed by atoms with Crippen molar-refractivity contribution in [3.05, 3.63) is 59.1 Å². The molecule has 1 N–H and O–H groups in total. The molecule has 2 aliphatic rings. The molecule has 0 saturated carbocycles. The van der Waals surface area contributed by atoms with E-state index in [4.69, 9.17) is 9.15 Å². The Balaban J connectivity index is 1.35. The number of carbonyl (C=O) groups excluding carboxylic acids is 2. The Labute approximate surface area is 196 Å². The Hall–Kier alpha value is -3.81. The number of fused-ring (bicyclic) bond motifs is 4. The molecule has 2 aliphatic heterocycles. The van der Waals surface area contributed by atoms with E-state index < -0.39 is 0 Å². The van der Waals surface area contributed by atoms with Crippen LogP contribution in [0, 0.1) is 13.8 Å². The van der Waals surface area contributed by atoms with Crippen molar-refractivity contribution in [2.75, 3.05) is 7.05 Å². The summed E-state index contributed by atoms with van der Waals surface area (Å²) >= 11 is 0. The molecule has 2 unspecified atom stereocenters. The summed E-state index contributed by atoms with van der Waals surface area (Å²) in [6.07, 6.45) is 7.99. The second-order valence-corrected chi connectivity index (χ2v) is 9.22. The van der Waals surface area contributed by atoms with E-state index in [-0.39, 0.29) is 11.8 Å². The minimum atomic E-state index is -0.187. The van der Waals surface area contributed by atoms with Crippen LogP contribution in [0.2, 0.25) is 0 Å². The summed E-state index contributed by atoms with van der Waals surface area (Å²) in [5.41, 5.74) is 3.39. The maximum absolute atomic E-state index is 13.4. The first-order chi connectivity index (χ1) is 16.5. The maximum Gasteiger partial charge on any atom is 0.256 e. The fourth-order valence-electron chi connectivity index (χ4n) is 5.59. The summed E-state index contributed by atoms with van der Waals surface area (Å²) in [7, 11) is 1.60. The Kier molecular flexibility index (Phi) is 4.65. The van der Waals surface area contributed by atoms with E-state index in [2.05, 4.69) is 15.3 Å². The molecule has 6 rings (SSSR count). The number of aromatic nitrogens is 2. The van der Waals surface area contributed by atoms with Crippen molar-refractivity contribution in [1.29, 1.82) is 0 Å². The van der Waals surface area contributed by atoms with E-state index >= 15 is 0 Å². The van der Waals surface area contributed by atoms with E-state index in [1.165, 1.54) is 6.42 Å². The molecule has 2 atom stereocenters. The molecule has 5 heterocycles. The van der Waals surface area contributed by atoms with E-state index in [0.29, 0.717) is 46.1 Å². The van der Waals surface area contributed by atoms with Gasteiger partial charge in [-0.05, 0) is 57.2 Å². The second-order valence-electron chi connectivity index (χ2n) is 9.22. The SMILES string of the molecule is CNC(=O)c1c(C)oc2cc(Oc3ccnn4cc(C(=O)N5C6CCCC5C6)c(C)c34)ccc12. The topological polar surface area (TPSA) is 89.1 Å². The van der Waals surface area contributed by atoms with Crippen molar-refractivity contribution in [2.45, 2.75) is 51.6 Å². The zero-order chi connectivity index (χ0) is 23.6. The number of nitrogens with zero attached hydrogens (tertiary/aromatic N) is 3. The number of piperidine rings is 1. The highest BCUT2D eigenvalue weighted by Crippen LogP contribution is 2.40. The Morgan fingerprint density at radius 3 is 2.71 bits per heavy atom. The first kappa shape index (κ1) is 20.8. The smallest absolute Gasteiger partial charge is 0.256 e. The predicted molar refractivity (Wildman–Crippen MR) is 127 cm³/mol. The Bertz CT molecular complexity index is 1450. The van der Waals surface area contributed by atoms with E-state index in [1.807, 2.05) is 25.3 Å². The highest BCUT2D eigenvalue weighted by atomic mass is 16.5. The molecule has 1 aromatic carbocycles. The minimum absolute atomic E-state index is 0.0871. The number of benzene rings is 1. The molecule has 0 aliphatic carbocycles. The van der Waals surface area contributed by atoms with E-state index in [1.54, 1.807) is 36.8 Å². The summed E-state index contributed by atoms with van der Waals surface area (Å²) in [6.45, 7) is 3.72. The number of rotatable bonds is 4. The highest BCUT2D eigenvalue weighted by Gasteiger charge is 2.44. The van der Waals surface area contributed by atoms with Crippen molar-refractivity contribution in [3.8, 4) is 11.5 Å². The monoisotopic (exact) mass is 458 g/mol. The fraction of sp³-hybridized carbons (Fsp3) is 0.346. The quantitative estimate of drug-likeness (QED) is 0.482. The molecule has 0 radical (unpaired) electrons. The molecule has 2 saturated heterocycles. The van der Waals surface area contributed by atoms with Crippen LogP contribution in [0.15, 0.2) is 41.1 Å². The van der Waals surface area contributed by atoms with Crippen LogP contribution in [-0.4, -0.2) is 45.5 Å². The molecule has 34 heavy (non-hydrogen) atoms. The van der Waals surface area contributed by atoms with Crippen molar-refractivity contribution in [2.24, 2.45) is 0 Å². The first-order valence-electron chi connectivity index (χ1n) is 11.7. The van der Waals surface area contributed by atoms with Crippen LogP contribution < -0.4 is 10.1 Å².